The van der Waals surface area contributed by atoms with Gasteiger partial charge in [0.2, 0.25) is 0 Å². The summed E-state index contributed by atoms with van der Waals surface area (Å²) in [6.45, 7) is 0.409. The van der Waals surface area contributed by atoms with Gasteiger partial charge in [-0.25, -0.2) is 4.39 Å². The topological polar surface area (TPSA) is 38.3 Å². The zero-order chi connectivity index (χ0) is 19.7. The van der Waals surface area contributed by atoms with Crippen LogP contribution in [0, 0.1) is 5.82 Å². The standard InChI is InChI=1S/C21H16Br2FNO2S/c22-17-8-15(24)9-18(23)20(17)25-21(26)19-6-12(11-28-19)10-27-16-5-4-13-2-1-3-14(13)7-16/h4-9,11H,1-3,10H2,(H,25,26). The molecule has 0 saturated carbocycles. The van der Waals surface area contributed by atoms with E-state index in [4.69, 9.17) is 4.74 Å². The number of nitrogens with one attached hydrogen (secondary N) is 1. The molecule has 0 atom stereocenters. The maximum absolute atomic E-state index is 13.4. The first-order chi connectivity index (χ1) is 13.5. The lowest BCUT2D eigenvalue weighted by molar-refractivity contribution is 0.103. The van der Waals surface area contributed by atoms with Gasteiger partial charge in [0.25, 0.3) is 5.91 Å². The van der Waals surface area contributed by atoms with Crippen LogP contribution >= 0.6 is 43.2 Å². The first-order valence-electron chi connectivity index (χ1n) is 8.77. The van der Waals surface area contributed by atoms with Crippen molar-refractivity contribution in [2.24, 2.45) is 0 Å². The number of ether oxygens (including phenoxy) is 1. The predicted molar refractivity (Wildman–Crippen MR) is 117 cm³/mol. The second kappa shape index (κ2) is 8.35. The lowest BCUT2D eigenvalue weighted by Gasteiger charge is -2.09. The average molecular weight is 525 g/mol. The molecule has 4 rings (SSSR count). The zero-order valence-electron chi connectivity index (χ0n) is 14.7. The smallest absolute Gasteiger partial charge is 0.265 e. The summed E-state index contributed by atoms with van der Waals surface area (Å²) in [5, 5.41) is 4.72. The van der Waals surface area contributed by atoms with Gasteiger partial charge in [0.1, 0.15) is 18.2 Å². The molecule has 7 heteroatoms. The quantitative estimate of drug-likeness (QED) is 0.401. The molecule has 2 aromatic carbocycles. The van der Waals surface area contributed by atoms with E-state index in [-0.39, 0.29) is 11.7 Å². The van der Waals surface area contributed by atoms with Gasteiger partial charge in [-0.3, -0.25) is 4.79 Å². The number of benzene rings is 2. The Morgan fingerprint density at radius 1 is 1.11 bits per heavy atom. The Bertz CT molecular complexity index is 1030. The van der Waals surface area contributed by atoms with Gasteiger partial charge in [-0.15, -0.1) is 11.3 Å². The van der Waals surface area contributed by atoms with Crippen molar-refractivity contribution in [2.45, 2.75) is 25.9 Å². The molecule has 1 aromatic heterocycles. The fourth-order valence-electron chi connectivity index (χ4n) is 3.21. The molecule has 1 heterocycles. The SMILES string of the molecule is O=C(Nc1c(Br)cc(F)cc1Br)c1cc(COc2ccc3c(c2)CCC3)cs1. The number of fused-ring (bicyclic) bond motifs is 1. The molecule has 0 unspecified atom stereocenters. The number of rotatable bonds is 5. The van der Waals surface area contributed by atoms with Crippen molar-refractivity contribution in [3.8, 4) is 5.75 Å². The molecule has 0 fully saturated rings. The lowest BCUT2D eigenvalue weighted by atomic mass is 10.1. The van der Waals surface area contributed by atoms with Crippen molar-refractivity contribution in [3.05, 3.63) is 78.1 Å². The fraction of sp³-hybridized carbons (Fsp3) is 0.190. The molecular weight excluding hydrogens is 509 g/mol. The Balaban J connectivity index is 1.41. The summed E-state index contributed by atoms with van der Waals surface area (Å²) < 4.78 is 20.2. The number of hydrogen-bond acceptors (Lipinski definition) is 3. The lowest BCUT2D eigenvalue weighted by Crippen LogP contribution is -2.11. The van der Waals surface area contributed by atoms with Crippen LogP contribution in [0.4, 0.5) is 10.1 Å². The van der Waals surface area contributed by atoms with Crippen LogP contribution in [0.25, 0.3) is 0 Å². The van der Waals surface area contributed by atoms with E-state index < -0.39 is 0 Å². The Hall–Kier alpha value is -1.70. The molecule has 1 amide bonds. The van der Waals surface area contributed by atoms with Crippen LogP contribution in [-0.2, 0) is 19.4 Å². The first kappa shape index (κ1) is 19.6. The van der Waals surface area contributed by atoms with Gasteiger partial charge in [-0.1, -0.05) is 6.07 Å². The highest BCUT2D eigenvalue weighted by Crippen LogP contribution is 2.33. The van der Waals surface area contributed by atoms with E-state index >= 15 is 0 Å². The van der Waals surface area contributed by atoms with Crippen molar-refractivity contribution in [1.82, 2.24) is 0 Å². The molecule has 144 valence electrons. The highest BCUT2D eigenvalue weighted by Gasteiger charge is 2.15. The minimum atomic E-state index is -0.390. The minimum absolute atomic E-state index is 0.248. The van der Waals surface area contributed by atoms with E-state index in [9.17, 15) is 9.18 Å². The van der Waals surface area contributed by atoms with Crippen LogP contribution in [0.15, 0.2) is 50.7 Å². The van der Waals surface area contributed by atoms with Gasteiger partial charge in [-0.2, -0.15) is 0 Å². The number of carbonyl (C=O) groups excluding carboxylic acids is 1. The molecule has 1 aliphatic carbocycles. The highest BCUT2D eigenvalue weighted by atomic mass is 79.9. The third-order valence-electron chi connectivity index (χ3n) is 4.60. The van der Waals surface area contributed by atoms with Crippen molar-refractivity contribution in [1.29, 1.82) is 0 Å². The summed E-state index contributed by atoms with van der Waals surface area (Å²) in [5.74, 6) is 0.220. The van der Waals surface area contributed by atoms with Gasteiger partial charge in [-0.05, 0) is 98.0 Å². The number of anilines is 1. The van der Waals surface area contributed by atoms with Crippen LogP contribution in [0.3, 0.4) is 0 Å². The average Bonchev–Trinajstić information content (AvgIpc) is 3.31. The van der Waals surface area contributed by atoms with Crippen molar-refractivity contribution in [3.63, 3.8) is 0 Å². The summed E-state index contributed by atoms with van der Waals surface area (Å²) in [5.41, 5.74) is 4.22. The van der Waals surface area contributed by atoms with Crippen LogP contribution in [-0.4, -0.2) is 5.91 Å². The first-order valence-corrected chi connectivity index (χ1v) is 11.2. The minimum Gasteiger partial charge on any atom is -0.489 e. The fourth-order valence-corrected chi connectivity index (χ4v) is 5.33. The van der Waals surface area contributed by atoms with Crippen LogP contribution in [0.2, 0.25) is 0 Å². The zero-order valence-corrected chi connectivity index (χ0v) is 18.7. The molecule has 1 aliphatic rings. The number of hydrogen-bond donors (Lipinski definition) is 1. The Labute approximate surface area is 183 Å². The number of halogens is 3. The maximum atomic E-state index is 13.4. The van der Waals surface area contributed by atoms with Gasteiger partial charge < -0.3 is 10.1 Å². The molecule has 0 spiro atoms. The van der Waals surface area contributed by atoms with Crippen molar-refractivity contribution in [2.75, 3.05) is 5.32 Å². The van der Waals surface area contributed by atoms with E-state index in [0.29, 0.717) is 26.1 Å². The largest absolute Gasteiger partial charge is 0.489 e. The van der Waals surface area contributed by atoms with Crippen LogP contribution in [0.5, 0.6) is 5.75 Å². The van der Waals surface area contributed by atoms with Gasteiger partial charge in [0.05, 0.1) is 10.6 Å². The van der Waals surface area contributed by atoms with E-state index in [1.165, 1.54) is 41.0 Å². The second-order valence-corrected chi connectivity index (χ2v) is 9.21. The molecule has 3 nitrogen and oxygen atoms in total. The summed E-state index contributed by atoms with van der Waals surface area (Å²) in [7, 11) is 0. The van der Waals surface area contributed by atoms with Gasteiger partial charge in [0, 0.05) is 14.5 Å². The third-order valence-corrected chi connectivity index (χ3v) is 6.83. The van der Waals surface area contributed by atoms with Crippen molar-refractivity contribution >= 4 is 54.8 Å². The van der Waals surface area contributed by atoms with Gasteiger partial charge in [0.15, 0.2) is 0 Å². The summed E-state index contributed by atoms with van der Waals surface area (Å²) in [6.07, 6.45) is 3.48. The second-order valence-electron chi connectivity index (χ2n) is 6.59. The normalized spacial score (nSPS) is 12.7. The molecule has 0 radical (unpaired) electrons. The molecule has 0 bridgehead atoms. The number of carbonyl (C=O) groups is 1. The predicted octanol–water partition coefficient (Wildman–Crippen LogP) is 6.73. The Morgan fingerprint density at radius 2 is 1.86 bits per heavy atom. The monoisotopic (exact) mass is 523 g/mol. The Morgan fingerprint density at radius 3 is 2.64 bits per heavy atom. The van der Waals surface area contributed by atoms with Crippen LogP contribution < -0.4 is 10.1 Å². The van der Waals surface area contributed by atoms with Gasteiger partial charge >= 0.3 is 0 Å². The molecule has 1 N–H and O–H groups in total. The molecule has 0 saturated heterocycles. The summed E-state index contributed by atoms with van der Waals surface area (Å²) in [4.78, 5) is 13.1. The van der Waals surface area contributed by atoms with E-state index in [0.717, 1.165) is 24.2 Å². The van der Waals surface area contributed by atoms with E-state index in [1.807, 2.05) is 17.5 Å². The van der Waals surface area contributed by atoms with Crippen molar-refractivity contribution < 1.29 is 13.9 Å². The van der Waals surface area contributed by atoms with Crippen LogP contribution in [0.1, 0.15) is 32.8 Å². The summed E-state index contributed by atoms with van der Waals surface area (Å²) in [6, 6.07) is 10.7. The molecule has 0 aliphatic heterocycles. The molecule has 28 heavy (non-hydrogen) atoms. The van der Waals surface area contributed by atoms with E-state index in [2.05, 4.69) is 49.3 Å². The third kappa shape index (κ3) is 4.31. The van der Waals surface area contributed by atoms with E-state index in [1.54, 1.807) is 0 Å². The summed E-state index contributed by atoms with van der Waals surface area (Å²) >= 11 is 7.90. The number of aryl methyl sites for hydroxylation is 2. The number of thiophene rings is 1. The molecule has 3 aromatic rings. The maximum Gasteiger partial charge on any atom is 0.265 e. The molecular formula is C21H16Br2FNO2S. The highest BCUT2D eigenvalue weighted by molar-refractivity contribution is 9.11. The Kier molecular flexibility index (Phi) is 5.85. The number of amides is 1.